The van der Waals surface area contributed by atoms with Gasteiger partial charge in [-0.3, -0.25) is 19.0 Å². The number of hydrogen-bond donors (Lipinski definition) is 1. The Balaban J connectivity index is 1.91. The number of aryl methyl sites for hydroxylation is 1. The van der Waals surface area contributed by atoms with Crippen LogP contribution in [0.1, 0.15) is 35.7 Å². The molecular formula is C22H21N3O4. The normalized spacial score (nSPS) is 13.4. The van der Waals surface area contributed by atoms with E-state index in [9.17, 15) is 19.2 Å². The van der Waals surface area contributed by atoms with Gasteiger partial charge in [-0.2, -0.15) is 0 Å². The summed E-state index contributed by atoms with van der Waals surface area (Å²) < 4.78 is 2.38. The van der Waals surface area contributed by atoms with E-state index in [1.54, 1.807) is 36.4 Å². The van der Waals surface area contributed by atoms with E-state index in [1.165, 1.54) is 11.5 Å². The van der Waals surface area contributed by atoms with Gasteiger partial charge in [-0.05, 0) is 63.1 Å². The van der Waals surface area contributed by atoms with Crippen molar-refractivity contribution in [2.24, 2.45) is 0 Å². The van der Waals surface area contributed by atoms with Crippen molar-refractivity contribution in [1.82, 2.24) is 14.5 Å². The number of nitrogens with one attached hydrogen (secondary N) is 1. The quantitative estimate of drug-likeness (QED) is 0.673. The molecule has 3 aromatic rings. The van der Waals surface area contributed by atoms with Gasteiger partial charge < -0.3 is 5.32 Å². The summed E-state index contributed by atoms with van der Waals surface area (Å²) in [6, 6.07) is 11.7. The summed E-state index contributed by atoms with van der Waals surface area (Å²) in [5.74, 6) is -0.360. The highest BCUT2D eigenvalue weighted by Crippen LogP contribution is 2.19. The van der Waals surface area contributed by atoms with E-state index in [0.717, 1.165) is 23.0 Å². The smallest absolute Gasteiger partial charge is 0.336 e. The van der Waals surface area contributed by atoms with Gasteiger partial charge in [-0.1, -0.05) is 11.6 Å². The Morgan fingerprint density at radius 3 is 2.38 bits per heavy atom. The summed E-state index contributed by atoms with van der Waals surface area (Å²) in [5.41, 5.74) is 1.09. The van der Waals surface area contributed by atoms with Crippen LogP contribution in [0.3, 0.4) is 0 Å². The number of carbonyl (C=O) groups is 2. The van der Waals surface area contributed by atoms with Crippen LogP contribution < -0.4 is 16.6 Å². The maximum absolute atomic E-state index is 13.2. The molecule has 0 bridgehead atoms. The predicted molar refractivity (Wildman–Crippen MR) is 110 cm³/mol. The van der Waals surface area contributed by atoms with Crippen LogP contribution in [0.2, 0.25) is 0 Å². The van der Waals surface area contributed by atoms with Crippen LogP contribution in [-0.2, 0) is 11.3 Å². The Kier molecular flexibility index (Phi) is 4.66. The SMILES string of the molecule is CC(=O)c1ccc(-n2c(=O)c3cc(C)ccc3n(CC(=O)NC3CC3)c2=O)cc1. The third-order valence-corrected chi connectivity index (χ3v) is 5.07. The van der Waals surface area contributed by atoms with Gasteiger partial charge in [0.1, 0.15) is 6.54 Å². The topological polar surface area (TPSA) is 90.2 Å². The molecule has 1 aliphatic rings. The number of benzene rings is 2. The van der Waals surface area contributed by atoms with Crippen molar-refractivity contribution in [1.29, 1.82) is 0 Å². The molecule has 1 amide bonds. The lowest BCUT2D eigenvalue weighted by molar-refractivity contribution is -0.121. The zero-order chi connectivity index (χ0) is 20.7. The van der Waals surface area contributed by atoms with Crippen molar-refractivity contribution in [3.8, 4) is 5.69 Å². The van der Waals surface area contributed by atoms with Gasteiger partial charge in [0.05, 0.1) is 16.6 Å². The molecule has 0 atom stereocenters. The van der Waals surface area contributed by atoms with Crippen LogP contribution in [0, 0.1) is 6.92 Å². The van der Waals surface area contributed by atoms with Gasteiger partial charge in [0.15, 0.2) is 5.78 Å². The monoisotopic (exact) mass is 391 g/mol. The van der Waals surface area contributed by atoms with Crippen molar-refractivity contribution < 1.29 is 9.59 Å². The lowest BCUT2D eigenvalue weighted by Gasteiger charge is -2.15. The number of rotatable bonds is 5. The predicted octanol–water partition coefficient (Wildman–Crippen LogP) is 1.94. The second-order valence-corrected chi connectivity index (χ2v) is 7.47. The molecule has 4 rings (SSSR count). The standard InChI is InChI=1S/C22H21N3O4/c1-13-3-10-19-18(11-13)21(28)25(17-8-4-15(5-9-17)14(2)26)22(29)24(19)12-20(27)23-16-6-7-16/h3-5,8-11,16H,6-7,12H2,1-2H3,(H,23,27). The van der Waals surface area contributed by atoms with E-state index in [2.05, 4.69) is 5.32 Å². The molecule has 0 spiro atoms. The van der Waals surface area contributed by atoms with Crippen LogP contribution in [0.4, 0.5) is 0 Å². The van der Waals surface area contributed by atoms with Crippen molar-refractivity contribution in [3.63, 3.8) is 0 Å². The van der Waals surface area contributed by atoms with Crippen molar-refractivity contribution in [2.75, 3.05) is 0 Å². The number of aromatic nitrogens is 2. The summed E-state index contributed by atoms with van der Waals surface area (Å²) in [5, 5.41) is 3.24. The first-order valence-electron chi connectivity index (χ1n) is 9.52. The second-order valence-electron chi connectivity index (χ2n) is 7.47. The Hall–Kier alpha value is -3.48. The van der Waals surface area contributed by atoms with Crippen LogP contribution in [0.25, 0.3) is 16.6 Å². The van der Waals surface area contributed by atoms with Crippen molar-refractivity contribution >= 4 is 22.6 Å². The summed E-state index contributed by atoms with van der Waals surface area (Å²) >= 11 is 0. The molecule has 1 heterocycles. The summed E-state index contributed by atoms with van der Waals surface area (Å²) in [4.78, 5) is 50.3. The number of fused-ring (bicyclic) bond motifs is 1. The number of hydrogen-bond acceptors (Lipinski definition) is 4. The van der Waals surface area contributed by atoms with Crippen LogP contribution in [-0.4, -0.2) is 26.9 Å². The van der Waals surface area contributed by atoms with Crippen LogP contribution in [0.15, 0.2) is 52.1 Å². The van der Waals surface area contributed by atoms with Gasteiger partial charge in [-0.25, -0.2) is 9.36 Å². The summed E-state index contributed by atoms with van der Waals surface area (Å²) in [6.45, 7) is 3.15. The van der Waals surface area contributed by atoms with Gasteiger partial charge >= 0.3 is 5.69 Å². The van der Waals surface area contributed by atoms with Crippen molar-refractivity contribution in [2.45, 2.75) is 39.3 Å². The molecule has 7 nitrogen and oxygen atoms in total. The van der Waals surface area contributed by atoms with Gasteiger partial charge in [0.2, 0.25) is 5.91 Å². The number of nitrogens with zero attached hydrogens (tertiary/aromatic N) is 2. The Bertz CT molecular complexity index is 1250. The molecular weight excluding hydrogens is 370 g/mol. The fourth-order valence-electron chi connectivity index (χ4n) is 3.36. The highest BCUT2D eigenvalue weighted by atomic mass is 16.2. The van der Waals surface area contributed by atoms with E-state index in [-0.39, 0.29) is 24.3 Å². The van der Waals surface area contributed by atoms with E-state index in [1.807, 2.05) is 13.0 Å². The Morgan fingerprint density at radius 2 is 1.76 bits per heavy atom. The molecule has 148 valence electrons. The summed E-state index contributed by atoms with van der Waals surface area (Å²) in [7, 11) is 0. The lowest BCUT2D eigenvalue weighted by atomic mass is 10.1. The molecule has 0 unspecified atom stereocenters. The molecule has 0 radical (unpaired) electrons. The molecule has 7 heteroatoms. The first-order chi connectivity index (χ1) is 13.8. The first kappa shape index (κ1) is 18.9. The minimum absolute atomic E-state index is 0.104. The molecule has 1 N–H and O–H groups in total. The molecule has 1 aliphatic carbocycles. The molecule has 2 aromatic carbocycles. The number of Topliss-reactive ketones (excluding diaryl/α,β-unsaturated/α-hetero) is 1. The molecule has 1 saturated carbocycles. The van der Waals surface area contributed by atoms with E-state index in [4.69, 9.17) is 0 Å². The van der Waals surface area contributed by atoms with Gasteiger partial charge in [-0.15, -0.1) is 0 Å². The molecule has 1 aromatic heterocycles. The molecule has 0 saturated heterocycles. The Morgan fingerprint density at radius 1 is 1.07 bits per heavy atom. The zero-order valence-corrected chi connectivity index (χ0v) is 16.3. The lowest BCUT2D eigenvalue weighted by Crippen LogP contribution is -2.42. The largest absolute Gasteiger partial charge is 0.352 e. The Labute approximate surface area is 166 Å². The summed E-state index contributed by atoms with van der Waals surface area (Å²) in [6.07, 6.45) is 1.89. The number of amides is 1. The van der Waals surface area contributed by atoms with Gasteiger partial charge in [0, 0.05) is 11.6 Å². The average molecular weight is 391 g/mol. The second kappa shape index (κ2) is 7.16. The number of carbonyl (C=O) groups excluding carboxylic acids is 2. The minimum atomic E-state index is -0.590. The molecule has 29 heavy (non-hydrogen) atoms. The highest BCUT2D eigenvalue weighted by molar-refractivity contribution is 5.94. The van der Waals surface area contributed by atoms with Crippen LogP contribution >= 0.6 is 0 Å². The zero-order valence-electron chi connectivity index (χ0n) is 16.3. The maximum Gasteiger partial charge on any atom is 0.336 e. The number of ketones is 1. The average Bonchev–Trinajstić information content (AvgIpc) is 3.49. The fraction of sp³-hybridized carbons (Fsp3) is 0.273. The van der Waals surface area contributed by atoms with E-state index < -0.39 is 11.2 Å². The highest BCUT2D eigenvalue weighted by Gasteiger charge is 2.24. The first-order valence-corrected chi connectivity index (χ1v) is 9.52. The molecule has 1 fully saturated rings. The van der Waals surface area contributed by atoms with Crippen LogP contribution in [0.5, 0.6) is 0 Å². The molecule has 0 aliphatic heterocycles. The van der Waals surface area contributed by atoms with E-state index in [0.29, 0.717) is 22.2 Å². The fourth-order valence-corrected chi connectivity index (χ4v) is 3.36. The third-order valence-electron chi connectivity index (χ3n) is 5.07. The van der Waals surface area contributed by atoms with E-state index >= 15 is 0 Å². The van der Waals surface area contributed by atoms with Crippen molar-refractivity contribution in [3.05, 3.63) is 74.4 Å². The van der Waals surface area contributed by atoms with Gasteiger partial charge in [0.25, 0.3) is 5.56 Å². The third kappa shape index (κ3) is 3.63. The minimum Gasteiger partial charge on any atom is -0.352 e. The maximum atomic E-state index is 13.2.